The maximum absolute atomic E-state index is 13.0. The van der Waals surface area contributed by atoms with Gasteiger partial charge in [-0.05, 0) is 31.0 Å². The molecule has 0 spiro atoms. The first-order valence-electron chi connectivity index (χ1n) is 8.21. The highest BCUT2D eigenvalue weighted by Gasteiger charge is 2.25. The van der Waals surface area contributed by atoms with Crippen LogP contribution in [0.15, 0.2) is 29.6 Å². The van der Waals surface area contributed by atoms with E-state index in [1.807, 2.05) is 12.3 Å². The number of halogens is 1. The van der Waals surface area contributed by atoms with Gasteiger partial charge in [-0.2, -0.15) is 0 Å². The molecule has 0 bridgehead atoms. The van der Waals surface area contributed by atoms with E-state index in [2.05, 4.69) is 4.98 Å². The Morgan fingerprint density at radius 1 is 1.40 bits per heavy atom. The maximum Gasteiger partial charge on any atom is 0.228 e. The quantitative estimate of drug-likeness (QED) is 0.822. The van der Waals surface area contributed by atoms with E-state index in [1.165, 1.54) is 23.5 Å². The lowest BCUT2D eigenvalue weighted by molar-refractivity contribution is -0.131. The molecule has 2 aromatic rings. The first-order valence-corrected chi connectivity index (χ1v) is 9.09. The minimum absolute atomic E-state index is 0.0681. The number of likely N-dealkylation sites (N-methyl/N-ethyl adjacent to an activating group) is 1. The summed E-state index contributed by atoms with van der Waals surface area (Å²) in [7, 11) is 1.73. The van der Waals surface area contributed by atoms with Gasteiger partial charge in [-0.25, -0.2) is 9.37 Å². The van der Waals surface area contributed by atoms with Crippen molar-refractivity contribution >= 4 is 28.3 Å². The molecule has 1 unspecified atom stereocenters. The van der Waals surface area contributed by atoms with E-state index in [9.17, 15) is 14.0 Å². The molecule has 0 N–H and O–H groups in total. The van der Waals surface area contributed by atoms with E-state index in [0.717, 1.165) is 12.0 Å². The molecule has 7 heteroatoms. The van der Waals surface area contributed by atoms with E-state index in [4.69, 9.17) is 0 Å². The summed E-state index contributed by atoms with van der Waals surface area (Å²) in [6.07, 6.45) is 1.59. The smallest absolute Gasteiger partial charge is 0.228 e. The third kappa shape index (κ3) is 3.87. The minimum Gasteiger partial charge on any atom is -0.339 e. The zero-order valence-electron chi connectivity index (χ0n) is 14.2. The van der Waals surface area contributed by atoms with Crippen LogP contribution in [0.3, 0.4) is 0 Å². The Kier molecular flexibility index (Phi) is 5.13. The number of thiazole rings is 1. The zero-order chi connectivity index (χ0) is 18.0. The number of anilines is 1. The van der Waals surface area contributed by atoms with Crippen molar-refractivity contribution in [1.29, 1.82) is 0 Å². The van der Waals surface area contributed by atoms with Crippen molar-refractivity contribution in [3.8, 4) is 0 Å². The molecule has 1 aliphatic rings. The molecule has 0 aliphatic carbocycles. The Morgan fingerprint density at radius 3 is 2.76 bits per heavy atom. The highest BCUT2D eigenvalue weighted by Crippen LogP contribution is 2.26. The van der Waals surface area contributed by atoms with Gasteiger partial charge >= 0.3 is 0 Å². The second kappa shape index (κ2) is 7.31. The number of hydrogen-bond acceptors (Lipinski definition) is 4. The molecule has 1 aliphatic heterocycles. The fourth-order valence-electron chi connectivity index (χ4n) is 2.81. The van der Waals surface area contributed by atoms with Crippen LogP contribution in [0.4, 0.5) is 9.52 Å². The Labute approximate surface area is 150 Å². The fourth-order valence-corrected chi connectivity index (χ4v) is 3.68. The number of rotatable bonds is 5. The van der Waals surface area contributed by atoms with Crippen LogP contribution in [0.1, 0.15) is 37.1 Å². The summed E-state index contributed by atoms with van der Waals surface area (Å²) in [5.41, 5.74) is 1.54. The van der Waals surface area contributed by atoms with Gasteiger partial charge in [-0.15, -0.1) is 11.3 Å². The average molecular weight is 361 g/mol. The van der Waals surface area contributed by atoms with Crippen molar-refractivity contribution in [1.82, 2.24) is 9.88 Å². The van der Waals surface area contributed by atoms with Crippen LogP contribution < -0.4 is 4.90 Å². The topological polar surface area (TPSA) is 53.5 Å². The second-order valence-electron chi connectivity index (χ2n) is 6.18. The molecule has 2 heterocycles. The first-order chi connectivity index (χ1) is 12.0. The Balaban J connectivity index is 1.64. The second-order valence-corrected chi connectivity index (χ2v) is 7.02. The van der Waals surface area contributed by atoms with Crippen LogP contribution in [-0.2, 0) is 16.0 Å². The molecule has 2 amide bonds. The van der Waals surface area contributed by atoms with Crippen molar-refractivity contribution in [2.45, 2.75) is 32.2 Å². The summed E-state index contributed by atoms with van der Waals surface area (Å²) in [6, 6.07) is 5.99. The molecule has 1 atom stereocenters. The maximum atomic E-state index is 13.0. The standard InChI is InChI=1S/C18H20FN3O2S/c1-12(13-5-7-14(19)8-6-13)21(2)17(24)10-15-11-25-18(20-15)22-9-3-4-16(22)23/h5-8,11-12H,3-4,9-10H2,1-2H3. The van der Waals surface area contributed by atoms with Crippen molar-refractivity contribution in [2.24, 2.45) is 0 Å². The van der Waals surface area contributed by atoms with Gasteiger partial charge < -0.3 is 4.90 Å². The van der Waals surface area contributed by atoms with E-state index in [0.29, 0.717) is 23.8 Å². The number of carbonyl (C=O) groups is 2. The minimum atomic E-state index is -0.295. The SMILES string of the molecule is CC(c1ccc(F)cc1)N(C)C(=O)Cc1csc(N2CCCC2=O)n1. The molecule has 1 fully saturated rings. The first kappa shape index (κ1) is 17.5. The van der Waals surface area contributed by atoms with Crippen LogP contribution in [0.5, 0.6) is 0 Å². The van der Waals surface area contributed by atoms with Crippen LogP contribution in [0, 0.1) is 5.82 Å². The van der Waals surface area contributed by atoms with Crippen molar-refractivity contribution < 1.29 is 14.0 Å². The van der Waals surface area contributed by atoms with E-state index < -0.39 is 0 Å². The Bertz CT molecular complexity index is 775. The normalized spacial score (nSPS) is 15.5. The zero-order valence-corrected chi connectivity index (χ0v) is 15.1. The number of benzene rings is 1. The number of amides is 2. The van der Waals surface area contributed by atoms with Gasteiger partial charge in [0.05, 0.1) is 18.2 Å². The van der Waals surface area contributed by atoms with Gasteiger partial charge in [0.25, 0.3) is 0 Å². The predicted molar refractivity (Wildman–Crippen MR) is 95.0 cm³/mol. The molecule has 0 radical (unpaired) electrons. The van der Waals surface area contributed by atoms with E-state index in [1.54, 1.807) is 29.0 Å². The lowest BCUT2D eigenvalue weighted by Crippen LogP contribution is -2.31. The Morgan fingerprint density at radius 2 is 2.12 bits per heavy atom. The van der Waals surface area contributed by atoms with Gasteiger partial charge in [0.15, 0.2) is 5.13 Å². The molecule has 1 saturated heterocycles. The monoisotopic (exact) mass is 361 g/mol. The molecule has 1 aromatic heterocycles. The Hall–Kier alpha value is -2.28. The molecule has 25 heavy (non-hydrogen) atoms. The van der Waals surface area contributed by atoms with Gasteiger partial charge in [0.1, 0.15) is 5.82 Å². The number of hydrogen-bond donors (Lipinski definition) is 0. The van der Waals surface area contributed by atoms with Crippen LogP contribution in [0.25, 0.3) is 0 Å². The summed E-state index contributed by atoms with van der Waals surface area (Å²) in [6.45, 7) is 2.60. The van der Waals surface area contributed by atoms with Crippen molar-refractivity contribution in [3.05, 3.63) is 46.7 Å². The molecular weight excluding hydrogens is 341 g/mol. The molecule has 0 saturated carbocycles. The number of aromatic nitrogens is 1. The van der Waals surface area contributed by atoms with Crippen LogP contribution in [-0.4, -0.2) is 35.3 Å². The lowest BCUT2D eigenvalue weighted by Gasteiger charge is -2.25. The van der Waals surface area contributed by atoms with E-state index >= 15 is 0 Å². The lowest BCUT2D eigenvalue weighted by atomic mass is 10.1. The summed E-state index contributed by atoms with van der Waals surface area (Å²) in [5, 5.41) is 2.49. The summed E-state index contributed by atoms with van der Waals surface area (Å²) >= 11 is 1.39. The molecule has 3 rings (SSSR count). The summed E-state index contributed by atoms with van der Waals surface area (Å²) < 4.78 is 13.0. The van der Waals surface area contributed by atoms with Gasteiger partial charge in [-0.3, -0.25) is 14.5 Å². The molecule has 132 valence electrons. The van der Waals surface area contributed by atoms with Crippen molar-refractivity contribution in [2.75, 3.05) is 18.5 Å². The number of nitrogens with zero attached hydrogens (tertiary/aromatic N) is 3. The third-order valence-corrected chi connectivity index (χ3v) is 5.42. The largest absolute Gasteiger partial charge is 0.339 e. The average Bonchev–Trinajstić information content (AvgIpc) is 3.22. The third-order valence-electron chi connectivity index (χ3n) is 4.50. The predicted octanol–water partition coefficient (Wildman–Crippen LogP) is 3.17. The van der Waals surface area contributed by atoms with Crippen LogP contribution >= 0.6 is 11.3 Å². The molecular formula is C18H20FN3O2S. The molecule has 1 aromatic carbocycles. The van der Waals surface area contributed by atoms with Gasteiger partial charge in [-0.1, -0.05) is 12.1 Å². The summed E-state index contributed by atoms with van der Waals surface area (Å²) in [4.78, 5) is 32.1. The summed E-state index contributed by atoms with van der Waals surface area (Å²) in [5.74, 6) is -0.271. The van der Waals surface area contributed by atoms with Crippen LogP contribution in [0.2, 0.25) is 0 Å². The fraction of sp³-hybridized carbons (Fsp3) is 0.389. The van der Waals surface area contributed by atoms with Gasteiger partial charge in [0.2, 0.25) is 11.8 Å². The highest BCUT2D eigenvalue weighted by atomic mass is 32.1. The van der Waals surface area contributed by atoms with E-state index in [-0.39, 0.29) is 30.1 Å². The number of carbonyl (C=O) groups excluding carboxylic acids is 2. The van der Waals surface area contributed by atoms with Gasteiger partial charge in [0, 0.05) is 25.4 Å². The molecule has 5 nitrogen and oxygen atoms in total. The van der Waals surface area contributed by atoms with Crippen molar-refractivity contribution in [3.63, 3.8) is 0 Å². The highest BCUT2D eigenvalue weighted by molar-refractivity contribution is 7.14.